The van der Waals surface area contributed by atoms with Crippen LogP contribution in [0.15, 0.2) is 11.4 Å². The first-order chi connectivity index (χ1) is 9.28. The van der Waals surface area contributed by atoms with Gasteiger partial charge in [-0.05, 0) is 31.9 Å². The van der Waals surface area contributed by atoms with E-state index in [1.807, 2.05) is 0 Å². The topological polar surface area (TPSA) is 32.7 Å². The van der Waals surface area contributed by atoms with E-state index in [0.29, 0.717) is 5.92 Å². The molecule has 0 aliphatic carbocycles. The van der Waals surface area contributed by atoms with Gasteiger partial charge in [-0.3, -0.25) is 0 Å². The lowest BCUT2D eigenvalue weighted by molar-refractivity contribution is 0.0413. The van der Waals surface area contributed by atoms with Crippen molar-refractivity contribution in [2.24, 2.45) is 5.92 Å². The molecule has 1 N–H and O–H groups in total. The molecule has 1 aliphatic rings. The molecule has 1 atom stereocenters. The zero-order valence-electron chi connectivity index (χ0n) is 11.4. The Hall–Kier alpha value is -0.860. The Kier molecular flexibility index (Phi) is 5.87. The van der Waals surface area contributed by atoms with Gasteiger partial charge < -0.3 is 14.7 Å². The van der Waals surface area contributed by atoms with Gasteiger partial charge in [-0.25, -0.2) is 0 Å². The third-order valence-corrected chi connectivity index (χ3v) is 4.14. The molecule has 1 unspecified atom stereocenters. The van der Waals surface area contributed by atoms with Crippen molar-refractivity contribution < 1.29 is 9.84 Å². The summed E-state index contributed by atoms with van der Waals surface area (Å²) >= 11 is 1.73. The fourth-order valence-electron chi connectivity index (χ4n) is 2.39. The van der Waals surface area contributed by atoms with Crippen LogP contribution < -0.4 is 0 Å². The molecule has 2 rings (SSSR count). The third kappa shape index (κ3) is 4.96. The van der Waals surface area contributed by atoms with Crippen molar-refractivity contribution in [3.05, 3.63) is 21.9 Å². The standard InChI is InChI=1S/C15H21NO2S/c1-16(9-14-5-3-7-18-11-14)10-15-8-13(12-19-15)4-2-6-17/h8,12,14,17H,3,5-7,9-11H2,1H3. The van der Waals surface area contributed by atoms with Gasteiger partial charge in [0.25, 0.3) is 0 Å². The summed E-state index contributed by atoms with van der Waals surface area (Å²) in [5, 5.41) is 10.7. The van der Waals surface area contributed by atoms with E-state index in [1.165, 1.54) is 17.7 Å². The first-order valence-corrected chi connectivity index (χ1v) is 7.59. The molecular weight excluding hydrogens is 258 g/mol. The molecule has 3 nitrogen and oxygen atoms in total. The van der Waals surface area contributed by atoms with Crippen molar-refractivity contribution in [1.82, 2.24) is 4.90 Å². The van der Waals surface area contributed by atoms with Crippen LogP contribution in [0.25, 0.3) is 0 Å². The monoisotopic (exact) mass is 279 g/mol. The van der Waals surface area contributed by atoms with Gasteiger partial charge in [0.15, 0.2) is 0 Å². The Morgan fingerprint density at radius 2 is 2.47 bits per heavy atom. The van der Waals surface area contributed by atoms with Crippen molar-refractivity contribution in [3.63, 3.8) is 0 Å². The molecule has 0 aromatic carbocycles. The maximum atomic E-state index is 8.67. The zero-order chi connectivity index (χ0) is 13.5. The summed E-state index contributed by atoms with van der Waals surface area (Å²) in [6, 6.07) is 2.11. The largest absolute Gasteiger partial charge is 0.384 e. The van der Waals surface area contributed by atoms with Gasteiger partial charge in [-0.2, -0.15) is 0 Å². The van der Waals surface area contributed by atoms with Crippen molar-refractivity contribution in [2.45, 2.75) is 19.4 Å². The zero-order valence-corrected chi connectivity index (χ0v) is 12.2. The molecule has 0 bridgehead atoms. The molecule has 1 aromatic heterocycles. The summed E-state index contributed by atoms with van der Waals surface area (Å²) in [5.41, 5.74) is 1.00. The fourth-order valence-corrected chi connectivity index (χ4v) is 3.29. The molecule has 1 aliphatic heterocycles. The normalized spacial score (nSPS) is 19.2. The van der Waals surface area contributed by atoms with Crippen LogP contribution in [0, 0.1) is 17.8 Å². The highest BCUT2D eigenvalue weighted by Crippen LogP contribution is 2.18. The molecule has 2 heterocycles. The Labute approximate surface area is 119 Å². The molecule has 4 heteroatoms. The van der Waals surface area contributed by atoms with Crippen LogP contribution in [0.3, 0.4) is 0 Å². The summed E-state index contributed by atoms with van der Waals surface area (Å²) in [4.78, 5) is 3.68. The van der Waals surface area contributed by atoms with E-state index in [1.54, 1.807) is 11.3 Å². The minimum atomic E-state index is -0.0766. The SMILES string of the molecule is CN(Cc1cc(C#CCO)cs1)CC1CCCOC1. The molecule has 0 spiro atoms. The predicted molar refractivity (Wildman–Crippen MR) is 78.2 cm³/mol. The quantitative estimate of drug-likeness (QED) is 0.855. The maximum Gasteiger partial charge on any atom is 0.104 e. The van der Waals surface area contributed by atoms with E-state index in [0.717, 1.165) is 31.9 Å². The highest BCUT2D eigenvalue weighted by atomic mass is 32.1. The average molecular weight is 279 g/mol. The van der Waals surface area contributed by atoms with Crippen LogP contribution in [0.5, 0.6) is 0 Å². The third-order valence-electron chi connectivity index (χ3n) is 3.22. The van der Waals surface area contributed by atoms with Crippen molar-refractivity contribution in [1.29, 1.82) is 0 Å². The van der Waals surface area contributed by atoms with E-state index in [9.17, 15) is 0 Å². The molecule has 0 saturated carbocycles. The maximum absolute atomic E-state index is 8.67. The molecule has 19 heavy (non-hydrogen) atoms. The first kappa shape index (κ1) is 14.5. The lowest BCUT2D eigenvalue weighted by Crippen LogP contribution is -2.30. The molecule has 1 aromatic rings. The molecule has 104 valence electrons. The Morgan fingerprint density at radius 1 is 1.58 bits per heavy atom. The minimum Gasteiger partial charge on any atom is -0.384 e. The Balaban J connectivity index is 1.80. The van der Waals surface area contributed by atoms with Gasteiger partial charge in [0.1, 0.15) is 6.61 Å². The van der Waals surface area contributed by atoms with E-state index < -0.39 is 0 Å². The van der Waals surface area contributed by atoms with Gasteiger partial charge in [0, 0.05) is 35.5 Å². The second kappa shape index (κ2) is 7.66. The summed E-state index contributed by atoms with van der Waals surface area (Å²) in [6.07, 6.45) is 2.47. The van der Waals surface area contributed by atoms with E-state index in [-0.39, 0.29) is 6.61 Å². The lowest BCUT2D eigenvalue weighted by Gasteiger charge is -2.26. The first-order valence-electron chi connectivity index (χ1n) is 6.71. The van der Waals surface area contributed by atoms with Crippen LogP contribution in [0.1, 0.15) is 23.3 Å². The van der Waals surface area contributed by atoms with Crippen LogP contribution in [-0.2, 0) is 11.3 Å². The Morgan fingerprint density at radius 3 is 3.21 bits per heavy atom. The number of aliphatic hydroxyl groups excluding tert-OH is 1. The average Bonchev–Trinajstić information content (AvgIpc) is 2.85. The number of hydrogen-bond donors (Lipinski definition) is 1. The lowest BCUT2D eigenvalue weighted by atomic mass is 10.0. The van der Waals surface area contributed by atoms with E-state index >= 15 is 0 Å². The summed E-state index contributed by atoms with van der Waals surface area (Å²) in [5.74, 6) is 6.29. The van der Waals surface area contributed by atoms with Crippen LogP contribution in [-0.4, -0.2) is 43.4 Å². The smallest absolute Gasteiger partial charge is 0.104 e. The van der Waals surface area contributed by atoms with Gasteiger partial charge in [-0.1, -0.05) is 11.8 Å². The number of ether oxygens (including phenoxy) is 1. The highest BCUT2D eigenvalue weighted by Gasteiger charge is 2.16. The molecule has 1 saturated heterocycles. The number of nitrogens with zero attached hydrogens (tertiary/aromatic N) is 1. The predicted octanol–water partition coefficient (Wildman–Crippen LogP) is 1.95. The molecule has 0 amide bonds. The van der Waals surface area contributed by atoms with Gasteiger partial charge >= 0.3 is 0 Å². The number of aliphatic hydroxyl groups is 1. The van der Waals surface area contributed by atoms with E-state index in [4.69, 9.17) is 9.84 Å². The molecular formula is C15H21NO2S. The second-order valence-electron chi connectivity index (χ2n) is 5.04. The number of rotatable bonds is 4. The summed E-state index contributed by atoms with van der Waals surface area (Å²) < 4.78 is 5.52. The summed E-state index contributed by atoms with van der Waals surface area (Å²) in [7, 11) is 2.16. The molecule has 1 fully saturated rings. The highest BCUT2D eigenvalue weighted by molar-refractivity contribution is 7.10. The minimum absolute atomic E-state index is 0.0766. The van der Waals surface area contributed by atoms with Crippen molar-refractivity contribution in [2.75, 3.05) is 33.4 Å². The second-order valence-corrected chi connectivity index (χ2v) is 6.04. The van der Waals surface area contributed by atoms with Crippen molar-refractivity contribution >= 4 is 11.3 Å². The number of hydrogen-bond acceptors (Lipinski definition) is 4. The Bertz CT molecular complexity index is 440. The van der Waals surface area contributed by atoms with E-state index in [2.05, 4.69) is 35.2 Å². The number of thiophene rings is 1. The van der Waals surface area contributed by atoms with Crippen LogP contribution in [0.2, 0.25) is 0 Å². The van der Waals surface area contributed by atoms with Crippen molar-refractivity contribution in [3.8, 4) is 11.8 Å². The fraction of sp³-hybridized carbons (Fsp3) is 0.600. The summed E-state index contributed by atoms with van der Waals surface area (Å²) in [6.45, 7) is 3.81. The van der Waals surface area contributed by atoms with Gasteiger partial charge in [0.05, 0.1) is 6.61 Å². The van der Waals surface area contributed by atoms with Gasteiger partial charge in [0.2, 0.25) is 0 Å². The van der Waals surface area contributed by atoms with Gasteiger partial charge in [-0.15, -0.1) is 11.3 Å². The molecule has 0 radical (unpaired) electrons. The van der Waals surface area contributed by atoms with Crippen LogP contribution >= 0.6 is 11.3 Å². The van der Waals surface area contributed by atoms with Crippen LogP contribution in [0.4, 0.5) is 0 Å².